The highest BCUT2D eigenvalue weighted by Crippen LogP contribution is 2.25. The number of amides is 1. The molecule has 2 aromatic carbocycles. The topological polar surface area (TPSA) is 63.3 Å². The van der Waals surface area contributed by atoms with Crippen molar-refractivity contribution in [3.05, 3.63) is 95.4 Å². The number of nitrogens with zero attached hydrogens (tertiary/aromatic N) is 3. The Bertz CT molecular complexity index is 1160. The molecule has 4 rings (SSSR count). The van der Waals surface area contributed by atoms with Gasteiger partial charge in [0.1, 0.15) is 11.5 Å². The number of para-hydroxylation sites is 1. The average molecular weight is 415 g/mol. The molecule has 0 spiro atoms. The van der Waals surface area contributed by atoms with E-state index in [0.29, 0.717) is 23.6 Å². The van der Waals surface area contributed by atoms with Crippen molar-refractivity contribution in [1.29, 1.82) is 0 Å². The lowest BCUT2D eigenvalue weighted by Crippen LogP contribution is -2.23. The van der Waals surface area contributed by atoms with Crippen molar-refractivity contribution in [3.8, 4) is 17.1 Å². The van der Waals surface area contributed by atoms with Crippen LogP contribution in [0.15, 0.2) is 77.3 Å². The number of carbonyl (C=O) groups excluding carboxylic acids is 1. The van der Waals surface area contributed by atoms with Gasteiger partial charge in [-0.15, -0.1) is 0 Å². The molecule has 0 aliphatic rings. The van der Waals surface area contributed by atoms with Gasteiger partial charge >= 0.3 is 0 Å². The molecule has 0 fully saturated rings. The molecule has 0 saturated heterocycles. The molecule has 0 atom stereocenters. The predicted octanol–water partition coefficient (Wildman–Crippen LogP) is 4.43. The summed E-state index contributed by atoms with van der Waals surface area (Å²) in [7, 11) is 4.09. The molecule has 0 aliphatic heterocycles. The van der Waals surface area contributed by atoms with E-state index < -0.39 is 0 Å². The number of furan rings is 1. The van der Waals surface area contributed by atoms with E-state index in [0.717, 1.165) is 23.6 Å². The zero-order valence-corrected chi connectivity index (χ0v) is 18.0. The fourth-order valence-corrected chi connectivity index (χ4v) is 3.40. The Hall–Kier alpha value is -3.64. The number of hydrogen-bond acceptors (Lipinski definition) is 4. The average Bonchev–Trinajstić information content (AvgIpc) is 3.40. The van der Waals surface area contributed by atoms with Crippen LogP contribution >= 0.6 is 0 Å². The van der Waals surface area contributed by atoms with Gasteiger partial charge in [-0.1, -0.05) is 42.5 Å². The minimum atomic E-state index is -0.191. The first-order chi connectivity index (χ1) is 15.0. The molecule has 2 heterocycles. The Labute approximate surface area is 182 Å². The lowest BCUT2D eigenvalue weighted by molar-refractivity contribution is 0.0951. The van der Waals surface area contributed by atoms with Crippen molar-refractivity contribution in [2.75, 3.05) is 14.1 Å². The van der Waals surface area contributed by atoms with Gasteiger partial charge in [-0.2, -0.15) is 5.10 Å². The van der Waals surface area contributed by atoms with Crippen LogP contribution in [0, 0.1) is 6.92 Å². The summed E-state index contributed by atoms with van der Waals surface area (Å²) < 4.78 is 7.46. The largest absolute Gasteiger partial charge is 0.460 e. The fraction of sp³-hybridized carbons (Fsp3) is 0.200. The quantitative estimate of drug-likeness (QED) is 0.486. The van der Waals surface area contributed by atoms with Gasteiger partial charge in [-0.25, -0.2) is 4.68 Å². The molecule has 0 unspecified atom stereocenters. The van der Waals surface area contributed by atoms with Crippen LogP contribution in [-0.4, -0.2) is 34.7 Å². The molecule has 1 N–H and O–H groups in total. The molecule has 2 aromatic heterocycles. The Morgan fingerprint density at radius 1 is 1.00 bits per heavy atom. The summed E-state index contributed by atoms with van der Waals surface area (Å²) in [5.74, 6) is 1.16. The van der Waals surface area contributed by atoms with Crippen molar-refractivity contribution in [3.63, 3.8) is 0 Å². The predicted molar refractivity (Wildman–Crippen MR) is 121 cm³/mol. The number of rotatable bonds is 7. The molecule has 4 aromatic rings. The summed E-state index contributed by atoms with van der Waals surface area (Å²) in [6.45, 7) is 3.20. The second-order valence-electron chi connectivity index (χ2n) is 7.82. The van der Waals surface area contributed by atoms with Gasteiger partial charge in [-0.05, 0) is 56.4 Å². The van der Waals surface area contributed by atoms with Gasteiger partial charge in [0, 0.05) is 19.3 Å². The molecule has 31 heavy (non-hydrogen) atoms. The summed E-state index contributed by atoms with van der Waals surface area (Å²) in [5.41, 5.74) is 4.15. The minimum absolute atomic E-state index is 0.191. The van der Waals surface area contributed by atoms with Crippen molar-refractivity contribution < 1.29 is 9.21 Å². The van der Waals surface area contributed by atoms with Crippen LogP contribution in [-0.2, 0) is 13.1 Å². The van der Waals surface area contributed by atoms with E-state index in [-0.39, 0.29) is 5.91 Å². The highest BCUT2D eigenvalue weighted by Gasteiger charge is 2.20. The van der Waals surface area contributed by atoms with Crippen LogP contribution in [0.1, 0.15) is 27.2 Å². The van der Waals surface area contributed by atoms with Crippen LogP contribution in [0.2, 0.25) is 0 Å². The van der Waals surface area contributed by atoms with Crippen molar-refractivity contribution in [1.82, 2.24) is 20.0 Å². The molecule has 0 bridgehead atoms. The zero-order chi connectivity index (χ0) is 21.8. The summed E-state index contributed by atoms with van der Waals surface area (Å²) in [6.07, 6.45) is 1.75. The van der Waals surface area contributed by atoms with E-state index in [4.69, 9.17) is 4.42 Å². The highest BCUT2D eigenvalue weighted by atomic mass is 16.3. The third-order valence-electron chi connectivity index (χ3n) is 4.93. The number of benzene rings is 2. The minimum Gasteiger partial charge on any atom is -0.460 e. The Balaban J connectivity index is 1.56. The lowest BCUT2D eigenvalue weighted by Gasteiger charge is -2.10. The Morgan fingerprint density at radius 3 is 2.35 bits per heavy atom. The Kier molecular flexibility index (Phi) is 6.00. The molecule has 6 nitrogen and oxygen atoms in total. The van der Waals surface area contributed by atoms with E-state index in [9.17, 15) is 4.79 Å². The molecular weight excluding hydrogens is 388 g/mol. The molecule has 158 valence electrons. The number of carbonyl (C=O) groups is 1. The van der Waals surface area contributed by atoms with E-state index >= 15 is 0 Å². The first kappa shape index (κ1) is 20.6. The second kappa shape index (κ2) is 9.02. The van der Waals surface area contributed by atoms with Crippen molar-refractivity contribution >= 4 is 5.91 Å². The molecule has 0 aliphatic carbocycles. The van der Waals surface area contributed by atoms with Gasteiger partial charge in [-0.3, -0.25) is 4.79 Å². The maximum Gasteiger partial charge on any atom is 0.255 e. The fourth-order valence-electron chi connectivity index (χ4n) is 3.40. The molecule has 0 radical (unpaired) electrons. The van der Waals surface area contributed by atoms with Gasteiger partial charge in [0.05, 0.1) is 11.3 Å². The van der Waals surface area contributed by atoms with Crippen molar-refractivity contribution in [2.24, 2.45) is 0 Å². The van der Waals surface area contributed by atoms with E-state index in [1.54, 1.807) is 10.9 Å². The highest BCUT2D eigenvalue weighted by molar-refractivity contribution is 5.99. The summed E-state index contributed by atoms with van der Waals surface area (Å²) in [4.78, 5) is 15.2. The lowest BCUT2D eigenvalue weighted by atomic mass is 10.1. The van der Waals surface area contributed by atoms with E-state index in [2.05, 4.69) is 27.4 Å². The number of nitrogens with one attached hydrogen (secondary N) is 1. The smallest absolute Gasteiger partial charge is 0.255 e. The maximum absolute atomic E-state index is 13.1. The van der Waals surface area contributed by atoms with Gasteiger partial charge in [0.2, 0.25) is 0 Å². The van der Waals surface area contributed by atoms with Crippen LogP contribution in [0.5, 0.6) is 0 Å². The van der Waals surface area contributed by atoms with Gasteiger partial charge in [0.15, 0.2) is 5.76 Å². The second-order valence-corrected chi connectivity index (χ2v) is 7.82. The molecular formula is C25H26N4O2. The SMILES string of the molecule is Cc1ccc(-c2nn(-c3ccccc3)cc2C(=O)NCc2ccc(CN(C)C)cc2)o1. The van der Waals surface area contributed by atoms with E-state index in [1.165, 1.54) is 5.56 Å². The monoisotopic (exact) mass is 414 g/mol. The van der Waals surface area contributed by atoms with Crippen LogP contribution in [0.4, 0.5) is 0 Å². The third-order valence-corrected chi connectivity index (χ3v) is 4.93. The molecule has 1 amide bonds. The van der Waals surface area contributed by atoms with Crippen LogP contribution in [0.25, 0.3) is 17.1 Å². The van der Waals surface area contributed by atoms with Gasteiger partial charge in [0.25, 0.3) is 5.91 Å². The zero-order valence-electron chi connectivity index (χ0n) is 18.0. The molecule has 0 saturated carbocycles. The third kappa shape index (κ3) is 4.92. The van der Waals surface area contributed by atoms with E-state index in [1.807, 2.05) is 75.6 Å². The molecule has 6 heteroatoms. The normalized spacial score (nSPS) is 11.1. The van der Waals surface area contributed by atoms with Crippen LogP contribution < -0.4 is 5.32 Å². The maximum atomic E-state index is 13.1. The Morgan fingerprint density at radius 2 is 1.71 bits per heavy atom. The summed E-state index contributed by atoms with van der Waals surface area (Å²) in [6, 6.07) is 21.7. The van der Waals surface area contributed by atoms with Crippen LogP contribution in [0.3, 0.4) is 0 Å². The first-order valence-electron chi connectivity index (χ1n) is 10.2. The number of hydrogen-bond donors (Lipinski definition) is 1. The first-order valence-corrected chi connectivity index (χ1v) is 10.2. The van der Waals surface area contributed by atoms with Crippen molar-refractivity contribution in [2.45, 2.75) is 20.0 Å². The standard InChI is InChI=1S/C25H26N4O2/c1-18-9-14-23(31-18)24-22(17-29(27-24)21-7-5-4-6-8-21)25(30)26-15-19-10-12-20(13-11-19)16-28(2)3/h4-14,17H,15-16H2,1-3H3,(H,26,30). The summed E-state index contributed by atoms with van der Waals surface area (Å²) in [5, 5.41) is 7.65. The van der Waals surface area contributed by atoms with Gasteiger partial charge < -0.3 is 14.6 Å². The number of aryl methyl sites for hydroxylation is 1. The number of aromatic nitrogens is 2. The summed E-state index contributed by atoms with van der Waals surface area (Å²) >= 11 is 0.